The van der Waals surface area contributed by atoms with E-state index in [0.717, 1.165) is 5.56 Å². The van der Waals surface area contributed by atoms with Crippen LogP contribution < -0.4 is 9.04 Å². The van der Waals surface area contributed by atoms with Crippen LogP contribution in [0.5, 0.6) is 5.75 Å². The van der Waals surface area contributed by atoms with Gasteiger partial charge in [-0.25, -0.2) is 8.42 Å². The number of nitriles is 1. The zero-order valence-corrected chi connectivity index (χ0v) is 17.4. The fourth-order valence-corrected chi connectivity index (χ4v) is 4.84. The van der Waals surface area contributed by atoms with Crippen molar-refractivity contribution in [2.24, 2.45) is 0 Å². The average Bonchev–Trinajstić information content (AvgIpc) is 2.74. The number of aryl methyl sites for hydroxylation is 2. The van der Waals surface area contributed by atoms with Crippen LogP contribution in [0.1, 0.15) is 22.3 Å². The molecule has 0 amide bonds. The zero-order chi connectivity index (χ0) is 21.0. The van der Waals surface area contributed by atoms with Gasteiger partial charge in [-0.15, -0.1) is 0 Å². The molecule has 0 bridgehead atoms. The Labute approximate surface area is 171 Å². The topological polar surface area (TPSA) is 70.4 Å². The molecule has 0 saturated heterocycles. The second kappa shape index (κ2) is 8.38. The molecule has 29 heavy (non-hydrogen) atoms. The Morgan fingerprint density at radius 1 is 1.00 bits per heavy atom. The van der Waals surface area contributed by atoms with Crippen molar-refractivity contribution in [1.29, 1.82) is 5.26 Å². The molecular weight excluding hydrogens is 384 g/mol. The molecule has 0 aliphatic heterocycles. The molecule has 0 heterocycles. The first-order valence-corrected chi connectivity index (χ1v) is 10.5. The predicted molar refractivity (Wildman–Crippen MR) is 113 cm³/mol. The minimum absolute atomic E-state index is 0.0474. The molecule has 0 fully saturated rings. The van der Waals surface area contributed by atoms with Gasteiger partial charge in [0.25, 0.3) is 10.0 Å². The predicted octanol–water partition coefficient (Wildman–Crippen LogP) is 4.58. The molecule has 6 heteroatoms. The Hall–Kier alpha value is -3.30. The third kappa shape index (κ3) is 4.25. The van der Waals surface area contributed by atoms with Crippen molar-refractivity contribution in [1.82, 2.24) is 0 Å². The number of hydrogen-bond acceptors (Lipinski definition) is 4. The molecular formula is C23H22N2O3S. The van der Waals surface area contributed by atoms with Gasteiger partial charge in [-0.1, -0.05) is 30.3 Å². The molecule has 3 aromatic rings. The lowest BCUT2D eigenvalue weighted by Crippen LogP contribution is -2.31. The number of benzene rings is 3. The van der Waals surface area contributed by atoms with Gasteiger partial charge < -0.3 is 4.74 Å². The number of nitrogens with zero attached hydrogens (tertiary/aromatic N) is 2. The van der Waals surface area contributed by atoms with E-state index in [9.17, 15) is 13.7 Å². The summed E-state index contributed by atoms with van der Waals surface area (Å²) in [7, 11) is -2.31. The van der Waals surface area contributed by atoms with Gasteiger partial charge in [0.15, 0.2) is 0 Å². The van der Waals surface area contributed by atoms with Gasteiger partial charge in [0, 0.05) is 0 Å². The molecule has 5 nitrogen and oxygen atoms in total. The van der Waals surface area contributed by atoms with Crippen molar-refractivity contribution in [3.8, 4) is 11.8 Å². The third-order valence-electron chi connectivity index (χ3n) is 4.72. The molecule has 0 saturated carbocycles. The Morgan fingerprint density at radius 3 is 2.34 bits per heavy atom. The van der Waals surface area contributed by atoms with Gasteiger partial charge >= 0.3 is 0 Å². The minimum atomic E-state index is -3.87. The molecule has 0 atom stereocenters. The highest BCUT2D eigenvalue weighted by atomic mass is 32.2. The van der Waals surface area contributed by atoms with Gasteiger partial charge in [0.1, 0.15) is 5.75 Å². The van der Waals surface area contributed by atoms with Crippen LogP contribution in [0.2, 0.25) is 0 Å². The Bertz CT molecular complexity index is 1160. The standard InChI is InChI=1S/C23H22N2O3S/c1-17-8-9-18(2)23(14-17)29(26,27)25(21-10-12-22(28-3)13-11-21)16-20-7-5-4-6-19(20)15-24/h4-14H,16H2,1-3H3. The molecule has 3 rings (SSSR count). The van der Waals surface area contributed by atoms with E-state index in [1.165, 1.54) is 4.31 Å². The largest absolute Gasteiger partial charge is 0.497 e. The SMILES string of the molecule is COc1ccc(N(Cc2ccccc2C#N)S(=O)(=O)c2cc(C)ccc2C)cc1. The lowest BCUT2D eigenvalue weighted by Gasteiger charge is -2.26. The average molecular weight is 407 g/mol. The lowest BCUT2D eigenvalue weighted by molar-refractivity contribution is 0.415. The van der Waals surface area contributed by atoms with Gasteiger partial charge in [-0.05, 0) is 66.9 Å². The van der Waals surface area contributed by atoms with Crippen LogP contribution in [-0.4, -0.2) is 15.5 Å². The van der Waals surface area contributed by atoms with E-state index in [-0.39, 0.29) is 11.4 Å². The maximum atomic E-state index is 13.7. The first-order valence-electron chi connectivity index (χ1n) is 9.09. The summed E-state index contributed by atoms with van der Waals surface area (Å²) < 4.78 is 33.9. The van der Waals surface area contributed by atoms with Crippen molar-refractivity contribution in [3.05, 3.63) is 89.0 Å². The van der Waals surface area contributed by atoms with Gasteiger partial charge in [0.2, 0.25) is 0 Å². The lowest BCUT2D eigenvalue weighted by atomic mass is 10.1. The quantitative estimate of drug-likeness (QED) is 0.601. The van der Waals surface area contributed by atoms with E-state index < -0.39 is 10.0 Å². The summed E-state index contributed by atoms with van der Waals surface area (Å²) >= 11 is 0. The summed E-state index contributed by atoms with van der Waals surface area (Å²) in [6, 6.07) is 21.4. The highest BCUT2D eigenvalue weighted by Crippen LogP contribution is 2.30. The number of ether oxygens (including phenoxy) is 1. The number of sulfonamides is 1. The first kappa shape index (κ1) is 20.4. The molecule has 3 aromatic carbocycles. The van der Waals surface area contributed by atoms with Crippen LogP contribution in [0.25, 0.3) is 0 Å². The summed E-state index contributed by atoms with van der Waals surface area (Å²) in [6.45, 7) is 3.69. The van der Waals surface area contributed by atoms with Gasteiger partial charge in [-0.3, -0.25) is 4.31 Å². The maximum absolute atomic E-state index is 13.7. The highest BCUT2D eigenvalue weighted by Gasteiger charge is 2.27. The van der Waals surface area contributed by atoms with Crippen LogP contribution in [0, 0.1) is 25.2 Å². The Kier molecular flexibility index (Phi) is 5.90. The Balaban J connectivity index is 2.16. The maximum Gasteiger partial charge on any atom is 0.264 e. The number of rotatable bonds is 6. The third-order valence-corrected chi connectivity index (χ3v) is 6.64. The molecule has 0 aliphatic carbocycles. The van der Waals surface area contributed by atoms with Crippen molar-refractivity contribution < 1.29 is 13.2 Å². The van der Waals surface area contributed by atoms with E-state index >= 15 is 0 Å². The molecule has 0 radical (unpaired) electrons. The van der Waals surface area contributed by atoms with Gasteiger partial charge in [0.05, 0.1) is 35.9 Å². The zero-order valence-electron chi connectivity index (χ0n) is 16.6. The second-order valence-electron chi connectivity index (χ2n) is 6.75. The summed E-state index contributed by atoms with van der Waals surface area (Å²) in [5.74, 6) is 0.634. The van der Waals surface area contributed by atoms with Crippen LogP contribution in [-0.2, 0) is 16.6 Å². The number of anilines is 1. The van der Waals surface area contributed by atoms with Gasteiger partial charge in [-0.2, -0.15) is 5.26 Å². The van der Waals surface area contributed by atoms with Crippen molar-refractivity contribution >= 4 is 15.7 Å². The summed E-state index contributed by atoms with van der Waals surface area (Å²) in [5.41, 5.74) is 3.12. The number of methoxy groups -OCH3 is 1. The number of hydrogen-bond donors (Lipinski definition) is 0. The summed E-state index contributed by atoms with van der Waals surface area (Å²) in [6.07, 6.45) is 0. The minimum Gasteiger partial charge on any atom is -0.497 e. The molecule has 0 N–H and O–H groups in total. The fraction of sp³-hybridized carbons (Fsp3) is 0.174. The van der Waals surface area contributed by atoms with E-state index in [1.54, 1.807) is 74.7 Å². The monoisotopic (exact) mass is 406 g/mol. The molecule has 148 valence electrons. The van der Waals surface area contributed by atoms with Crippen LogP contribution in [0.4, 0.5) is 5.69 Å². The normalized spacial score (nSPS) is 11.0. The molecule has 0 unspecified atom stereocenters. The Morgan fingerprint density at radius 2 is 1.69 bits per heavy atom. The molecule has 0 aromatic heterocycles. The van der Waals surface area contributed by atoms with Crippen molar-refractivity contribution in [3.63, 3.8) is 0 Å². The fourth-order valence-electron chi connectivity index (χ4n) is 3.09. The smallest absolute Gasteiger partial charge is 0.264 e. The van der Waals surface area contributed by atoms with Crippen LogP contribution >= 0.6 is 0 Å². The van der Waals surface area contributed by atoms with E-state index in [0.29, 0.717) is 28.1 Å². The van der Waals surface area contributed by atoms with Crippen molar-refractivity contribution in [2.75, 3.05) is 11.4 Å². The van der Waals surface area contributed by atoms with E-state index in [2.05, 4.69) is 6.07 Å². The summed E-state index contributed by atoms with van der Waals surface area (Å²) in [5, 5.41) is 9.44. The van der Waals surface area contributed by atoms with E-state index in [4.69, 9.17) is 4.74 Å². The van der Waals surface area contributed by atoms with Crippen LogP contribution in [0.3, 0.4) is 0 Å². The van der Waals surface area contributed by atoms with Crippen LogP contribution in [0.15, 0.2) is 71.6 Å². The highest BCUT2D eigenvalue weighted by molar-refractivity contribution is 7.92. The second-order valence-corrected chi connectivity index (χ2v) is 8.58. The first-order chi connectivity index (χ1) is 13.9. The van der Waals surface area contributed by atoms with Crippen molar-refractivity contribution in [2.45, 2.75) is 25.3 Å². The molecule has 0 aliphatic rings. The summed E-state index contributed by atoms with van der Waals surface area (Å²) in [4.78, 5) is 0.253. The van der Waals surface area contributed by atoms with E-state index in [1.807, 2.05) is 13.0 Å². The molecule has 0 spiro atoms.